The van der Waals surface area contributed by atoms with E-state index in [-0.39, 0.29) is 0 Å². The summed E-state index contributed by atoms with van der Waals surface area (Å²) in [5.41, 5.74) is 1.17. The van der Waals surface area contributed by atoms with Gasteiger partial charge in [-0.05, 0) is 12.1 Å². The van der Waals surface area contributed by atoms with Gasteiger partial charge in [0, 0.05) is 12.4 Å². The smallest absolute Gasteiger partial charge is 0.359 e. The van der Waals surface area contributed by atoms with Crippen LogP contribution in [0.1, 0.15) is 0 Å². The molecule has 0 bridgehead atoms. The molecule has 82 valence electrons. The molecule has 1 aliphatic heterocycles. The van der Waals surface area contributed by atoms with Crippen molar-refractivity contribution in [2.75, 3.05) is 10.2 Å². The molecule has 1 aliphatic rings. The van der Waals surface area contributed by atoms with E-state index in [0.717, 1.165) is 4.90 Å². The van der Waals surface area contributed by atoms with Crippen LogP contribution in [-0.4, -0.2) is 11.2 Å². The SMILES string of the molecule is O=C(O[N+](=O)[O-])N1C=CNc2ccccc21. The number of carbonyl (C=O) groups is 1. The third-order valence-electron chi connectivity index (χ3n) is 1.98. The molecule has 0 unspecified atom stereocenters. The van der Waals surface area contributed by atoms with Crippen molar-refractivity contribution in [3.63, 3.8) is 0 Å². The fraction of sp³-hybridized carbons (Fsp3) is 0. The zero-order valence-electron chi connectivity index (χ0n) is 7.99. The molecule has 0 saturated carbocycles. The van der Waals surface area contributed by atoms with E-state index in [1.54, 1.807) is 24.3 Å². The van der Waals surface area contributed by atoms with Crippen molar-refractivity contribution >= 4 is 17.5 Å². The first-order valence-electron chi connectivity index (χ1n) is 4.36. The van der Waals surface area contributed by atoms with Crippen LogP contribution in [0.15, 0.2) is 36.7 Å². The summed E-state index contributed by atoms with van der Waals surface area (Å²) >= 11 is 0. The van der Waals surface area contributed by atoms with Gasteiger partial charge in [-0.3, -0.25) is 4.90 Å². The maximum absolute atomic E-state index is 11.4. The molecule has 1 N–H and O–H groups in total. The van der Waals surface area contributed by atoms with E-state index in [1.807, 2.05) is 0 Å². The molecule has 0 atom stereocenters. The number of nitrogens with one attached hydrogen (secondary N) is 1. The molecule has 1 heterocycles. The topological polar surface area (TPSA) is 84.7 Å². The van der Waals surface area contributed by atoms with Gasteiger partial charge in [0.1, 0.15) is 0 Å². The number of para-hydroxylation sites is 2. The van der Waals surface area contributed by atoms with Crippen molar-refractivity contribution in [2.24, 2.45) is 0 Å². The zero-order valence-corrected chi connectivity index (χ0v) is 7.99. The summed E-state index contributed by atoms with van der Waals surface area (Å²) in [5, 5.41) is 11.8. The number of anilines is 2. The lowest BCUT2D eigenvalue weighted by Gasteiger charge is -2.23. The number of nitrogens with zero attached hydrogens (tertiary/aromatic N) is 2. The second-order valence-electron chi connectivity index (χ2n) is 2.93. The molecule has 0 fully saturated rings. The molecule has 0 saturated heterocycles. The van der Waals surface area contributed by atoms with Crippen molar-refractivity contribution < 1.29 is 14.7 Å². The van der Waals surface area contributed by atoms with Crippen molar-refractivity contribution in [1.29, 1.82) is 0 Å². The first-order chi connectivity index (χ1) is 7.68. The first kappa shape index (κ1) is 9.97. The maximum Gasteiger partial charge on any atom is 0.407 e. The van der Waals surface area contributed by atoms with Gasteiger partial charge >= 0.3 is 11.2 Å². The highest BCUT2D eigenvalue weighted by molar-refractivity contribution is 5.95. The molecule has 0 aromatic heterocycles. The average molecular weight is 221 g/mol. The Bertz CT molecular complexity index is 472. The number of amides is 1. The molecule has 1 amide bonds. The van der Waals surface area contributed by atoms with Gasteiger partial charge in [0.15, 0.2) is 0 Å². The van der Waals surface area contributed by atoms with E-state index in [2.05, 4.69) is 10.2 Å². The Hall–Kier alpha value is -2.57. The lowest BCUT2D eigenvalue weighted by molar-refractivity contribution is -0.726. The maximum atomic E-state index is 11.4. The first-order valence-corrected chi connectivity index (χ1v) is 4.36. The molecule has 0 aliphatic carbocycles. The largest absolute Gasteiger partial charge is 0.407 e. The van der Waals surface area contributed by atoms with Gasteiger partial charge in [0.2, 0.25) is 0 Å². The average Bonchev–Trinajstić information content (AvgIpc) is 2.27. The van der Waals surface area contributed by atoms with E-state index in [9.17, 15) is 14.9 Å². The van der Waals surface area contributed by atoms with Gasteiger partial charge in [-0.15, -0.1) is 10.1 Å². The second kappa shape index (κ2) is 3.89. The number of fused-ring (bicyclic) bond motifs is 1. The van der Waals surface area contributed by atoms with Crippen LogP contribution in [0.2, 0.25) is 0 Å². The summed E-state index contributed by atoms with van der Waals surface area (Å²) in [4.78, 5) is 26.3. The summed E-state index contributed by atoms with van der Waals surface area (Å²) in [6.45, 7) is 0. The summed E-state index contributed by atoms with van der Waals surface area (Å²) in [5.74, 6) is 0. The Kier molecular flexibility index (Phi) is 2.42. The quantitative estimate of drug-likeness (QED) is 0.576. The van der Waals surface area contributed by atoms with Gasteiger partial charge in [-0.2, -0.15) is 0 Å². The van der Waals surface area contributed by atoms with E-state index in [1.165, 1.54) is 12.4 Å². The van der Waals surface area contributed by atoms with Gasteiger partial charge in [0.25, 0.3) is 0 Å². The van der Waals surface area contributed by atoms with E-state index >= 15 is 0 Å². The predicted octanol–water partition coefficient (Wildman–Crippen LogP) is 1.72. The van der Waals surface area contributed by atoms with Crippen molar-refractivity contribution in [2.45, 2.75) is 0 Å². The third kappa shape index (κ3) is 1.78. The Labute approximate surface area is 90.0 Å². The fourth-order valence-electron chi connectivity index (χ4n) is 1.35. The van der Waals surface area contributed by atoms with Crippen LogP contribution in [-0.2, 0) is 4.84 Å². The lowest BCUT2D eigenvalue weighted by atomic mass is 10.2. The highest BCUT2D eigenvalue weighted by Gasteiger charge is 2.21. The normalized spacial score (nSPS) is 12.6. The Balaban J connectivity index is 2.29. The molecule has 7 nitrogen and oxygen atoms in total. The lowest BCUT2D eigenvalue weighted by Crippen LogP contribution is -2.30. The van der Waals surface area contributed by atoms with Crippen LogP contribution >= 0.6 is 0 Å². The minimum Gasteiger partial charge on any atom is -0.359 e. The molecule has 7 heteroatoms. The zero-order chi connectivity index (χ0) is 11.5. The van der Waals surface area contributed by atoms with Crippen LogP contribution in [0.4, 0.5) is 16.2 Å². The van der Waals surface area contributed by atoms with E-state index in [0.29, 0.717) is 11.4 Å². The fourth-order valence-corrected chi connectivity index (χ4v) is 1.35. The Morgan fingerprint density at radius 1 is 1.44 bits per heavy atom. The summed E-state index contributed by atoms with van der Waals surface area (Å²) in [6.07, 6.45) is 1.78. The standard InChI is InChI=1S/C9H7N3O4/c13-9(16-12(14)15)11-6-5-10-7-3-1-2-4-8(7)11/h1-6,10H. The molecule has 16 heavy (non-hydrogen) atoms. The minimum absolute atomic E-state index is 0.497. The van der Waals surface area contributed by atoms with Crippen LogP contribution in [0.25, 0.3) is 0 Å². The van der Waals surface area contributed by atoms with Gasteiger partial charge in [-0.1, -0.05) is 12.1 Å². The van der Waals surface area contributed by atoms with Gasteiger partial charge < -0.3 is 5.32 Å². The molecule has 2 rings (SSSR count). The summed E-state index contributed by atoms with van der Waals surface area (Å²) < 4.78 is 0. The van der Waals surface area contributed by atoms with Crippen molar-refractivity contribution in [3.05, 3.63) is 46.8 Å². The highest BCUT2D eigenvalue weighted by atomic mass is 17.0. The number of rotatable bonds is 1. The van der Waals surface area contributed by atoms with Crippen LogP contribution in [0.3, 0.4) is 0 Å². The molecular weight excluding hydrogens is 214 g/mol. The van der Waals surface area contributed by atoms with Gasteiger partial charge in [-0.25, -0.2) is 9.63 Å². The number of carbonyl (C=O) groups excluding carboxylic acids is 1. The summed E-state index contributed by atoms with van der Waals surface area (Å²) in [7, 11) is 0. The molecular formula is C9H7N3O4. The minimum atomic E-state index is -1.14. The predicted molar refractivity (Wildman–Crippen MR) is 55.2 cm³/mol. The summed E-state index contributed by atoms with van der Waals surface area (Å²) in [6, 6.07) is 6.88. The van der Waals surface area contributed by atoms with Crippen molar-refractivity contribution in [1.82, 2.24) is 0 Å². The molecule has 0 spiro atoms. The van der Waals surface area contributed by atoms with E-state index < -0.39 is 11.2 Å². The Morgan fingerprint density at radius 3 is 2.94 bits per heavy atom. The molecule has 0 radical (unpaired) electrons. The second-order valence-corrected chi connectivity index (χ2v) is 2.93. The molecule has 1 aromatic rings. The monoisotopic (exact) mass is 221 g/mol. The van der Waals surface area contributed by atoms with Gasteiger partial charge in [0.05, 0.1) is 11.4 Å². The van der Waals surface area contributed by atoms with Crippen molar-refractivity contribution in [3.8, 4) is 0 Å². The highest BCUT2D eigenvalue weighted by Crippen LogP contribution is 2.29. The number of hydrogen-bond acceptors (Lipinski definition) is 5. The number of hydrogen-bond donors (Lipinski definition) is 1. The number of benzene rings is 1. The van der Waals surface area contributed by atoms with E-state index in [4.69, 9.17) is 0 Å². The Morgan fingerprint density at radius 2 is 2.19 bits per heavy atom. The van der Waals surface area contributed by atoms with Crippen LogP contribution in [0.5, 0.6) is 0 Å². The third-order valence-corrected chi connectivity index (χ3v) is 1.98. The molecule has 1 aromatic carbocycles. The van der Waals surface area contributed by atoms with Crippen LogP contribution in [0, 0.1) is 10.1 Å². The van der Waals surface area contributed by atoms with Crippen LogP contribution < -0.4 is 10.2 Å².